The molecule has 5 nitrogen and oxygen atoms in total. The molecule has 0 aliphatic heterocycles. The highest BCUT2D eigenvalue weighted by Gasteiger charge is 2.03. The van der Waals surface area contributed by atoms with Crippen LogP contribution >= 0.6 is 11.6 Å². The number of nitrogens with zero attached hydrogens (tertiary/aromatic N) is 3. The smallest absolute Gasteiger partial charge is 0.244 e. The van der Waals surface area contributed by atoms with Gasteiger partial charge in [-0.05, 0) is 23.7 Å². The second kappa shape index (κ2) is 4.76. The standard InChI is InChI=1S/C10H9ClN4O/c1-16-8-5-3-2-4-7(8)13-9-6-12-15-10(11)14-9/h2-6H,1H3,(H,13,14,15). The van der Waals surface area contributed by atoms with Crippen LogP contribution in [0, 0.1) is 0 Å². The zero-order valence-corrected chi connectivity index (χ0v) is 9.27. The lowest BCUT2D eigenvalue weighted by molar-refractivity contribution is 0.417. The summed E-state index contributed by atoms with van der Waals surface area (Å²) in [6.45, 7) is 0. The molecular weight excluding hydrogens is 228 g/mol. The molecule has 0 bridgehead atoms. The highest BCUT2D eigenvalue weighted by molar-refractivity contribution is 6.28. The van der Waals surface area contributed by atoms with Crippen molar-refractivity contribution in [3.05, 3.63) is 35.7 Å². The molecule has 6 heteroatoms. The van der Waals surface area contributed by atoms with Gasteiger partial charge in [-0.2, -0.15) is 10.1 Å². The van der Waals surface area contributed by atoms with Crippen molar-refractivity contribution in [2.75, 3.05) is 12.4 Å². The molecule has 0 atom stereocenters. The van der Waals surface area contributed by atoms with Crippen LogP contribution in [-0.4, -0.2) is 22.3 Å². The molecule has 0 aliphatic carbocycles. The van der Waals surface area contributed by atoms with Crippen LogP contribution in [0.1, 0.15) is 0 Å². The molecule has 16 heavy (non-hydrogen) atoms. The third kappa shape index (κ3) is 2.38. The second-order valence-corrected chi connectivity index (χ2v) is 3.27. The van der Waals surface area contributed by atoms with E-state index < -0.39 is 0 Å². The highest BCUT2D eigenvalue weighted by Crippen LogP contribution is 2.25. The molecule has 1 heterocycles. The Hall–Kier alpha value is -1.88. The number of ether oxygens (including phenoxy) is 1. The molecule has 0 saturated heterocycles. The normalized spacial score (nSPS) is 9.88. The first-order valence-electron chi connectivity index (χ1n) is 4.55. The molecule has 1 N–H and O–H groups in total. The minimum atomic E-state index is 0.0971. The van der Waals surface area contributed by atoms with E-state index >= 15 is 0 Å². The van der Waals surface area contributed by atoms with Crippen LogP contribution in [0.5, 0.6) is 5.75 Å². The van der Waals surface area contributed by atoms with E-state index in [0.29, 0.717) is 5.82 Å². The highest BCUT2D eigenvalue weighted by atomic mass is 35.5. The Morgan fingerprint density at radius 1 is 1.31 bits per heavy atom. The van der Waals surface area contributed by atoms with Gasteiger partial charge < -0.3 is 10.1 Å². The quantitative estimate of drug-likeness (QED) is 0.886. The largest absolute Gasteiger partial charge is 0.495 e. The van der Waals surface area contributed by atoms with Crippen LogP contribution in [0.3, 0.4) is 0 Å². The predicted octanol–water partition coefficient (Wildman–Crippen LogP) is 2.28. The number of aromatic nitrogens is 3. The molecule has 0 radical (unpaired) electrons. The van der Waals surface area contributed by atoms with Crippen LogP contribution in [0.25, 0.3) is 0 Å². The van der Waals surface area contributed by atoms with Crippen LogP contribution in [0.15, 0.2) is 30.5 Å². The third-order valence-electron chi connectivity index (χ3n) is 1.90. The van der Waals surface area contributed by atoms with Crippen molar-refractivity contribution in [2.24, 2.45) is 0 Å². The Balaban J connectivity index is 2.26. The number of hydrogen-bond donors (Lipinski definition) is 1. The van der Waals surface area contributed by atoms with Crippen molar-refractivity contribution in [1.82, 2.24) is 15.2 Å². The fourth-order valence-corrected chi connectivity index (χ4v) is 1.36. The molecule has 0 fully saturated rings. The van der Waals surface area contributed by atoms with E-state index in [1.54, 1.807) is 7.11 Å². The predicted molar refractivity (Wildman–Crippen MR) is 61.1 cm³/mol. The topological polar surface area (TPSA) is 59.9 Å². The lowest BCUT2D eigenvalue weighted by atomic mass is 10.3. The average molecular weight is 237 g/mol. The monoisotopic (exact) mass is 236 g/mol. The maximum absolute atomic E-state index is 5.63. The molecule has 82 valence electrons. The van der Waals surface area contributed by atoms with Gasteiger partial charge in [0.05, 0.1) is 19.0 Å². The average Bonchev–Trinajstić information content (AvgIpc) is 2.30. The summed E-state index contributed by atoms with van der Waals surface area (Å²) in [4.78, 5) is 3.97. The fourth-order valence-electron chi connectivity index (χ4n) is 1.23. The first-order chi connectivity index (χ1) is 7.79. The van der Waals surface area contributed by atoms with Gasteiger partial charge in [0, 0.05) is 0 Å². The fraction of sp³-hybridized carbons (Fsp3) is 0.100. The van der Waals surface area contributed by atoms with Crippen LogP contribution in [0.4, 0.5) is 11.5 Å². The van der Waals surface area contributed by atoms with E-state index in [1.165, 1.54) is 6.20 Å². The minimum Gasteiger partial charge on any atom is -0.495 e. The van der Waals surface area contributed by atoms with Gasteiger partial charge in [0.2, 0.25) is 5.28 Å². The van der Waals surface area contributed by atoms with E-state index in [2.05, 4.69) is 20.5 Å². The Morgan fingerprint density at radius 2 is 2.12 bits per heavy atom. The zero-order chi connectivity index (χ0) is 11.4. The van der Waals surface area contributed by atoms with Crippen molar-refractivity contribution < 1.29 is 4.74 Å². The Morgan fingerprint density at radius 3 is 2.88 bits per heavy atom. The maximum Gasteiger partial charge on any atom is 0.244 e. The summed E-state index contributed by atoms with van der Waals surface area (Å²) in [6, 6.07) is 7.49. The molecule has 1 aromatic carbocycles. The third-order valence-corrected chi connectivity index (χ3v) is 2.06. The summed E-state index contributed by atoms with van der Waals surface area (Å²) >= 11 is 5.63. The molecule has 0 aliphatic rings. The van der Waals surface area contributed by atoms with E-state index in [-0.39, 0.29) is 5.28 Å². The van der Waals surface area contributed by atoms with Crippen molar-refractivity contribution in [2.45, 2.75) is 0 Å². The molecule has 1 aromatic heterocycles. The maximum atomic E-state index is 5.63. The second-order valence-electron chi connectivity index (χ2n) is 2.94. The van der Waals surface area contributed by atoms with E-state index in [1.807, 2.05) is 24.3 Å². The number of para-hydroxylation sites is 2. The lowest BCUT2D eigenvalue weighted by Crippen LogP contribution is -1.98. The van der Waals surface area contributed by atoms with Crippen molar-refractivity contribution in [3.8, 4) is 5.75 Å². The molecule has 0 saturated carbocycles. The van der Waals surface area contributed by atoms with Gasteiger partial charge >= 0.3 is 0 Å². The van der Waals surface area contributed by atoms with Crippen LogP contribution < -0.4 is 10.1 Å². The Kier molecular flexibility index (Phi) is 3.16. The van der Waals surface area contributed by atoms with Gasteiger partial charge in [-0.25, -0.2) is 0 Å². The number of halogens is 1. The van der Waals surface area contributed by atoms with Crippen molar-refractivity contribution in [1.29, 1.82) is 0 Å². The zero-order valence-electron chi connectivity index (χ0n) is 8.51. The van der Waals surface area contributed by atoms with Crippen molar-refractivity contribution >= 4 is 23.1 Å². The number of nitrogens with one attached hydrogen (secondary N) is 1. The van der Waals surface area contributed by atoms with E-state index in [4.69, 9.17) is 16.3 Å². The summed E-state index contributed by atoms with van der Waals surface area (Å²) in [5.41, 5.74) is 0.793. The SMILES string of the molecule is COc1ccccc1Nc1cnnc(Cl)n1. The Bertz CT molecular complexity index is 492. The summed E-state index contributed by atoms with van der Waals surface area (Å²) in [7, 11) is 1.60. The van der Waals surface area contributed by atoms with Crippen LogP contribution in [-0.2, 0) is 0 Å². The van der Waals surface area contributed by atoms with Gasteiger partial charge in [0.25, 0.3) is 0 Å². The van der Waals surface area contributed by atoms with Crippen molar-refractivity contribution in [3.63, 3.8) is 0 Å². The number of hydrogen-bond acceptors (Lipinski definition) is 5. The number of anilines is 2. The van der Waals surface area contributed by atoms with Crippen LogP contribution in [0.2, 0.25) is 5.28 Å². The number of benzene rings is 1. The molecular formula is C10H9ClN4O. The number of methoxy groups -OCH3 is 1. The van der Waals surface area contributed by atoms with Gasteiger partial charge in [-0.3, -0.25) is 0 Å². The summed E-state index contributed by atoms with van der Waals surface area (Å²) in [5.74, 6) is 1.24. The summed E-state index contributed by atoms with van der Waals surface area (Å²) < 4.78 is 5.19. The molecule has 0 amide bonds. The Labute approximate surface area is 97.4 Å². The van der Waals surface area contributed by atoms with Gasteiger partial charge in [-0.15, -0.1) is 5.10 Å². The summed E-state index contributed by atoms with van der Waals surface area (Å²) in [6.07, 6.45) is 1.48. The molecule has 0 unspecified atom stereocenters. The first-order valence-corrected chi connectivity index (χ1v) is 4.92. The minimum absolute atomic E-state index is 0.0971. The van der Waals surface area contributed by atoms with Gasteiger partial charge in [-0.1, -0.05) is 12.1 Å². The molecule has 2 rings (SSSR count). The lowest BCUT2D eigenvalue weighted by Gasteiger charge is -2.09. The van der Waals surface area contributed by atoms with Gasteiger partial charge in [0.15, 0.2) is 5.82 Å². The molecule has 2 aromatic rings. The first kappa shape index (κ1) is 10.6. The van der Waals surface area contributed by atoms with Gasteiger partial charge in [0.1, 0.15) is 5.75 Å². The van der Waals surface area contributed by atoms with E-state index in [9.17, 15) is 0 Å². The van der Waals surface area contributed by atoms with E-state index in [0.717, 1.165) is 11.4 Å². The summed E-state index contributed by atoms with van der Waals surface area (Å²) in [5, 5.41) is 10.4. The number of rotatable bonds is 3. The molecule has 0 spiro atoms.